The molecule has 0 aromatic rings. The highest BCUT2D eigenvalue weighted by Gasteiger charge is 2.71. The van der Waals surface area contributed by atoms with Crippen molar-refractivity contribution in [1.82, 2.24) is 0 Å². The quantitative estimate of drug-likeness (QED) is 0.522. The molecule has 2 fully saturated rings. The summed E-state index contributed by atoms with van der Waals surface area (Å²) in [6.07, 6.45) is 3.13. The highest BCUT2D eigenvalue weighted by molar-refractivity contribution is 7.99. The molecule has 0 amide bonds. The monoisotopic (exact) mass is 233 g/mol. The number of rotatable bonds is 2. The molecule has 0 radical (unpaired) electrons. The van der Waals surface area contributed by atoms with E-state index in [-0.39, 0.29) is 22.5 Å². The SMILES string of the molecule is CC(C)(C)SN=CC1CC2C(C1)C2(F)F. The Hall–Kier alpha value is -0.120. The van der Waals surface area contributed by atoms with Crippen LogP contribution in [0.5, 0.6) is 0 Å². The molecule has 0 bridgehead atoms. The predicted molar refractivity (Wildman–Crippen MR) is 60.5 cm³/mol. The normalized spacial score (nSPS) is 38.3. The molecule has 2 aliphatic carbocycles. The van der Waals surface area contributed by atoms with E-state index >= 15 is 0 Å². The van der Waals surface area contributed by atoms with Crippen LogP contribution in [0.25, 0.3) is 0 Å². The molecule has 0 heterocycles. The summed E-state index contributed by atoms with van der Waals surface area (Å²) in [5.74, 6) is -2.74. The lowest BCUT2D eigenvalue weighted by Crippen LogP contribution is -2.09. The van der Waals surface area contributed by atoms with Gasteiger partial charge in [0.25, 0.3) is 5.92 Å². The summed E-state index contributed by atoms with van der Waals surface area (Å²) >= 11 is 1.52. The van der Waals surface area contributed by atoms with Gasteiger partial charge >= 0.3 is 0 Å². The fraction of sp³-hybridized carbons (Fsp3) is 0.909. The first-order chi connectivity index (χ1) is 6.81. The van der Waals surface area contributed by atoms with Gasteiger partial charge in [0.05, 0.1) is 0 Å². The van der Waals surface area contributed by atoms with E-state index in [0.717, 1.165) is 0 Å². The van der Waals surface area contributed by atoms with E-state index in [4.69, 9.17) is 0 Å². The van der Waals surface area contributed by atoms with Crippen LogP contribution in [0.3, 0.4) is 0 Å². The first-order valence-corrected chi connectivity index (χ1v) is 6.17. The van der Waals surface area contributed by atoms with E-state index in [1.54, 1.807) is 0 Å². The predicted octanol–water partition coefficient (Wildman–Crippen LogP) is 3.80. The van der Waals surface area contributed by atoms with Crippen LogP contribution in [-0.4, -0.2) is 16.9 Å². The average Bonchev–Trinajstić information content (AvgIpc) is 2.46. The van der Waals surface area contributed by atoms with Crippen molar-refractivity contribution in [3.8, 4) is 0 Å². The molecule has 0 saturated heterocycles. The fourth-order valence-corrected chi connectivity index (χ4v) is 2.80. The minimum Gasteiger partial charge on any atom is -0.228 e. The third kappa shape index (κ3) is 2.35. The van der Waals surface area contributed by atoms with E-state index in [1.165, 1.54) is 11.9 Å². The second kappa shape index (κ2) is 3.44. The summed E-state index contributed by atoms with van der Waals surface area (Å²) in [6, 6.07) is 0. The number of nitrogens with zero attached hydrogens (tertiary/aromatic N) is 1. The highest BCUT2D eigenvalue weighted by Crippen LogP contribution is 2.65. The lowest BCUT2D eigenvalue weighted by atomic mass is 10.0. The van der Waals surface area contributed by atoms with Crippen LogP contribution in [-0.2, 0) is 0 Å². The van der Waals surface area contributed by atoms with Crippen LogP contribution in [0, 0.1) is 17.8 Å². The summed E-state index contributed by atoms with van der Waals surface area (Å²) in [5, 5.41) is 0. The topological polar surface area (TPSA) is 12.4 Å². The van der Waals surface area contributed by atoms with Crippen LogP contribution in [0.4, 0.5) is 8.78 Å². The summed E-state index contributed by atoms with van der Waals surface area (Å²) < 4.78 is 30.1. The molecule has 86 valence electrons. The van der Waals surface area contributed by atoms with Crippen molar-refractivity contribution < 1.29 is 8.78 Å². The maximum atomic E-state index is 12.9. The molecule has 2 saturated carbocycles. The lowest BCUT2D eigenvalue weighted by molar-refractivity contribution is 0.0691. The molecular weight excluding hydrogens is 216 g/mol. The number of fused-ring (bicyclic) bond motifs is 1. The van der Waals surface area contributed by atoms with Gasteiger partial charge in [0, 0.05) is 22.8 Å². The van der Waals surface area contributed by atoms with Gasteiger partial charge in [0.1, 0.15) is 0 Å². The summed E-state index contributed by atoms with van der Waals surface area (Å²) in [5.41, 5.74) is 0. The molecule has 2 rings (SSSR count). The van der Waals surface area contributed by atoms with Crippen molar-refractivity contribution in [2.45, 2.75) is 44.3 Å². The number of hydrogen-bond acceptors (Lipinski definition) is 2. The fourth-order valence-electron chi connectivity index (χ4n) is 2.25. The largest absolute Gasteiger partial charge is 0.254 e. The van der Waals surface area contributed by atoms with Crippen LogP contribution in [0.15, 0.2) is 4.40 Å². The van der Waals surface area contributed by atoms with Gasteiger partial charge in [0.15, 0.2) is 0 Å². The van der Waals surface area contributed by atoms with Crippen molar-refractivity contribution >= 4 is 18.2 Å². The third-order valence-electron chi connectivity index (χ3n) is 3.08. The van der Waals surface area contributed by atoms with Crippen LogP contribution >= 0.6 is 11.9 Å². The number of halogens is 2. The molecule has 0 aliphatic heterocycles. The first kappa shape index (κ1) is 11.4. The summed E-state index contributed by atoms with van der Waals surface area (Å²) in [7, 11) is 0. The molecule has 0 aromatic heterocycles. The molecule has 0 N–H and O–H groups in total. The smallest absolute Gasteiger partial charge is 0.228 e. The molecule has 1 nitrogen and oxygen atoms in total. The Morgan fingerprint density at radius 1 is 1.27 bits per heavy atom. The lowest BCUT2D eigenvalue weighted by Gasteiger charge is -2.13. The van der Waals surface area contributed by atoms with Crippen molar-refractivity contribution in [3.05, 3.63) is 0 Å². The molecule has 15 heavy (non-hydrogen) atoms. The van der Waals surface area contributed by atoms with Crippen LogP contribution < -0.4 is 0 Å². The van der Waals surface area contributed by atoms with Crippen LogP contribution in [0.2, 0.25) is 0 Å². The van der Waals surface area contributed by atoms with E-state index in [2.05, 4.69) is 25.2 Å². The Bertz CT molecular complexity index is 269. The van der Waals surface area contributed by atoms with Crippen LogP contribution in [0.1, 0.15) is 33.6 Å². The molecule has 2 atom stereocenters. The van der Waals surface area contributed by atoms with E-state index in [9.17, 15) is 8.78 Å². The second-order valence-corrected chi connectivity index (χ2v) is 7.20. The maximum Gasteiger partial charge on any atom is 0.254 e. The van der Waals surface area contributed by atoms with Crippen molar-refractivity contribution in [3.63, 3.8) is 0 Å². The standard InChI is InChI=1S/C11H17F2NS/c1-10(2,3)15-14-6-7-4-8-9(5-7)11(8,12)13/h6-9H,4-5H2,1-3H3. The molecular formula is C11H17F2NS. The minimum absolute atomic E-state index is 0.113. The molecule has 4 heteroatoms. The summed E-state index contributed by atoms with van der Waals surface area (Å²) in [4.78, 5) is 0. The van der Waals surface area contributed by atoms with Gasteiger partial charge in [-0.15, -0.1) is 0 Å². The zero-order valence-corrected chi connectivity index (χ0v) is 10.2. The zero-order valence-electron chi connectivity index (χ0n) is 9.34. The highest BCUT2D eigenvalue weighted by atomic mass is 32.2. The van der Waals surface area contributed by atoms with Gasteiger partial charge in [-0.1, -0.05) is 0 Å². The Morgan fingerprint density at radius 2 is 1.80 bits per heavy atom. The molecule has 2 aliphatic rings. The zero-order chi connectivity index (χ0) is 11.3. The Morgan fingerprint density at radius 3 is 2.27 bits per heavy atom. The van der Waals surface area contributed by atoms with Gasteiger partial charge < -0.3 is 0 Å². The molecule has 2 unspecified atom stereocenters. The van der Waals surface area contributed by atoms with Crippen molar-refractivity contribution in [1.29, 1.82) is 0 Å². The van der Waals surface area contributed by atoms with Crippen molar-refractivity contribution in [2.24, 2.45) is 22.2 Å². The average molecular weight is 233 g/mol. The van der Waals surface area contributed by atoms with E-state index < -0.39 is 5.92 Å². The Labute approximate surface area is 93.9 Å². The van der Waals surface area contributed by atoms with Gasteiger partial charge in [-0.2, -0.15) is 0 Å². The Kier molecular flexibility index (Phi) is 2.61. The third-order valence-corrected chi connectivity index (χ3v) is 3.85. The summed E-state index contributed by atoms with van der Waals surface area (Å²) in [6.45, 7) is 6.28. The van der Waals surface area contributed by atoms with E-state index in [0.29, 0.717) is 12.8 Å². The van der Waals surface area contributed by atoms with Gasteiger partial charge in [-0.3, -0.25) is 0 Å². The molecule has 0 aromatic carbocycles. The van der Waals surface area contributed by atoms with E-state index in [1.807, 2.05) is 6.21 Å². The first-order valence-electron chi connectivity index (χ1n) is 5.40. The van der Waals surface area contributed by atoms with Gasteiger partial charge in [-0.25, -0.2) is 13.2 Å². The number of alkyl halides is 2. The van der Waals surface area contributed by atoms with Gasteiger partial charge in [-0.05, 0) is 51.5 Å². The van der Waals surface area contributed by atoms with Gasteiger partial charge in [0.2, 0.25) is 0 Å². The number of hydrogen-bond donors (Lipinski definition) is 0. The second-order valence-electron chi connectivity index (χ2n) is 5.58. The van der Waals surface area contributed by atoms with Crippen molar-refractivity contribution in [2.75, 3.05) is 0 Å². The molecule has 0 spiro atoms. The minimum atomic E-state index is -2.35. The Balaban J connectivity index is 1.76. The maximum absolute atomic E-state index is 12.9.